The highest BCUT2D eigenvalue weighted by molar-refractivity contribution is 6.33. The number of hydrogen-bond acceptors (Lipinski definition) is 7. The summed E-state index contributed by atoms with van der Waals surface area (Å²) in [5, 5.41) is 5.86. The van der Waals surface area contributed by atoms with E-state index in [1.54, 1.807) is 62.7 Å². The number of nitrogens with zero attached hydrogens (tertiary/aromatic N) is 4. The predicted molar refractivity (Wildman–Crippen MR) is 123 cm³/mol. The third-order valence-corrected chi connectivity index (χ3v) is 4.85. The van der Waals surface area contributed by atoms with Gasteiger partial charge in [-0.3, -0.25) is 14.5 Å². The summed E-state index contributed by atoms with van der Waals surface area (Å²) in [5.74, 6) is 0.871. The predicted octanol–water partition coefficient (Wildman–Crippen LogP) is 4.86. The number of oxazole rings is 1. The second kappa shape index (κ2) is 8.91. The number of ether oxygens (including phenoxy) is 1. The van der Waals surface area contributed by atoms with E-state index < -0.39 is 12.0 Å². The minimum atomic E-state index is -0.574. The standard InChI is InChI=1S/C22H21ClN6O4/c1-11(2)32-22(31)27-15-8-24-21-28-18(10-29(21)9-15)16-7-14(5-6-17(16)23)26-20(30)19-12(3)33-13(4)25-19/h5-11H,1-4H3,(H,26,30)(H,27,31). The summed E-state index contributed by atoms with van der Waals surface area (Å²) >= 11 is 6.41. The second-order valence-electron chi connectivity index (χ2n) is 7.54. The Morgan fingerprint density at radius 1 is 1.12 bits per heavy atom. The zero-order valence-corrected chi connectivity index (χ0v) is 19.1. The van der Waals surface area contributed by atoms with Crippen LogP contribution in [0.2, 0.25) is 5.02 Å². The first-order valence-corrected chi connectivity index (χ1v) is 10.4. The molecule has 0 spiro atoms. The maximum atomic E-state index is 12.6. The van der Waals surface area contributed by atoms with E-state index in [1.165, 1.54) is 6.20 Å². The number of carbonyl (C=O) groups excluding carboxylic acids is 2. The third-order valence-electron chi connectivity index (χ3n) is 4.52. The molecule has 10 nitrogen and oxygen atoms in total. The third kappa shape index (κ3) is 4.96. The highest BCUT2D eigenvalue weighted by Gasteiger charge is 2.17. The van der Waals surface area contributed by atoms with Crippen LogP contribution in [0.5, 0.6) is 0 Å². The van der Waals surface area contributed by atoms with E-state index >= 15 is 0 Å². The average molecular weight is 469 g/mol. The van der Waals surface area contributed by atoms with Gasteiger partial charge in [-0.15, -0.1) is 0 Å². The number of halogens is 1. The average Bonchev–Trinajstić information content (AvgIpc) is 3.30. The molecule has 2 N–H and O–H groups in total. The molecule has 2 amide bonds. The highest BCUT2D eigenvalue weighted by Crippen LogP contribution is 2.30. The fourth-order valence-electron chi connectivity index (χ4n) is 3.17. The lowest BCUT2D eigenvalue weighted by Crippen LogP contribution is -2.18. The van der Waals surface area contributed by atoms with Gasteiger partial charge in [-0.25, -0.2) is 19.7 Å². The number of aryl methyl sites for hydroxylation is 2. The van der Waals surface area contributed by atoms with Gasteiger partial charge in [0.05, 0.1) is 28.7 Å². The molecular formula is C22H21ClN6O4. The number of anilines is 2. The monoisotopic (exact) mass is 468 g/mol. The van der Waals surface area contributed by atoms with Gasteiger partial charge in [0.2, 0.25) is 5.78 Å². The molecule has 0 aliphatic heterocycles. The zero-order chi connectivity index (χ0) is 23.7. The van der Waals surface area contributed by atoms with E-state index in [0.717, 1.165) is 0 Å². The molecule has 1 aromatic carbocycles. The molecule has 0 bridgehead atoms. The molecule has 3 aromatic heterocycles. The van der Waals surface area contributed by atoms with Crippen LogP contribution >= 0.6 is 11.6 Å². The fourth-order valence-corrected chi connectivity index (χ4v) is 3.38. The highest BCUT2D eigenvalue weighted by atomic mass is 35.5. The number of imidazole rings is 1. The van der Waals surface area contributed by atoms with Gasteiger partial charge in [0.25, 0.3) is 5.91 Å². The summed E-state index contributed by atoms with van der Waals surface area (Å²) in [4.78, 5) is 37.3. The molecule has 0 saturated heterocycles. The van der Waals surface area contributed by atoms with E-state index in [2.05, 4.69) is 25.6 Å². The number of amides is 2. The Morgan fingerprint density at radius 3 is 2.61 bits per heavy atom. The van der Waals surface area contributed by atoms with Crippen molar-refractivity contribution >= 4 is 40.8 Å². The van der Waals surface area contributed by atoms with Crippen LogP contribution < -0.4 is 10.6 Å². The van der Waals surface area contributed by atoms with E-state index in [1.807, 2.05) is 0 Å². The van der Waals surface area contributed by atoms with Crippen LogP contribution in [0, 0.1) is 13.8 Å². The molecule has 0 aliphatic carbocycles. The zero-order valence-electron chi connectivity index (χ0n) is 18.3. The summed E-state index contributed by atoms with van der Waals surface area (Å²) in [6.07, 6.45) is 4.05. The maximum Gasteiger partial charge on any atom is 0.411 e. The lowest BCUT2D eigenvalue weighted by molar-refractivity contribution is 0.102. The molecule has 33 heavy (non-hydrogen) atoms. The summed E-state index contributed by atoms with van der Waals surface area (Å²) in [7, 11) is 0. The SMILES string of the molecule is Cc1nc(C(=O)Nc2ccc(Cl)c(-c3cn4cc(NC(=O)OC(C)C)cnc4n3)c2)c(C)o1. The molecule has 0 fully saturated rings. The van der Waals surface area contributed by atoms with E-state index in [4.69, 9.17) is 20.8 Å². The van der Waals surface area contributed by atoms with Crippen LogP contribution in [0.15, 0.2) is 41.2 Å². The number of rotatable bonds is 5. The van der Waals surface area contributed by atoms with Gasteiger partial charge in [-0.2, -0.15) is 0 Å². The molecule has 0 aliphatic rings. The van der Waals surface area contributed by atoms with Crippen LogP contribution in [0.25, 0.3) is 17.0 Å². The maximum absolute atomic E-state index is 12.6. The Labute approximate surface area is 194 Å². The van der Waals surface area contributed by atoms with Crippen LogP contribution in [-0.4, -0.2) is 37.5 Å². The minimum Gasteiger partial charge on any atom is -0.447 e. The molecule has 0 unspecified atom stereocenters. The van der Waals surface area contributed by atoms with E-state index in [-0.39, 0.29) is 11.8 Å². The van der Waals surface area contributed by atoms with Crippen LogP contribution in [0.1, 0.15) is 36.0 Å². The van der Waals surface area contributed by atoms with Gasteiger partial charge < -0.3 is 14.5 Å². The van der Waals surface area contributed by atoms with Crippen molar-refractivity contribution in [3.8, 4) is 11.3 Å². The smallest absolute Gasteiger partial charge is 0.411 e. The molecule has 3 heterocycles. The Balaban J connectivity index is 1.59. The van der Waals surface area contributed by atoms with Crippen molar-refractivity contribution < 1.29 is 18.7 Å². The summed E-state index contributed by atoms with van der Waals surface area (Å²) in [6, 6.07) is 5.06. The van der Waals surface area contributed by atoms with Gasteiger partial charge >= 0.3 is 6.09 Å². The van der Waals surface area contributed by atoms with Crippen molar-refractivity contribution in [2.75, 3.05) is 10.6 Å². The minimum absolute atomic E-state index is 0.219. The first-order valence-electron chi connectivity index (χ1n) is 10.1. The van der Waals surface area contributed by atoms with Crippen molar-refractivity contribution in [2.24, 2.45) is 0 Å². The van der Waals surface area contributed by atoms with Crippen LogP contribution in [0.4, 0.5) is 16.2 Å². The summed E-state index contributed by atoms with van der Waals surface area (Å²) < 4.78 is 12.1. The molecular weight excluding hydrogens is 448 g/mol. The lowest BCUT2D eigenvalue weighted by atomic mass is 10.1. The first kappa shape index (κ1) is 22.3. The van der Waals surface area contributed by atoms with Gasteiger partial charge in [-0.1, -0.05) is 11.6 Å². The Bertz CT molecular complexity index is 1360. The topological polar surface area (TPSA) is 124 Å². The Hall–Kier alpha value is -3.92. The summed E-state index contributed by atoms with van der Waals surface area (Å²) in [6.45, 7) is 6.88. The van der Waals surface area contributed by atoms with Crippen LogP contribution in [0.3, 0.4) is 0 Å². The lowest BCUT2D eigenvalue weighted by Gasteiger charge is -2.09. The van der Waals surface area contributed by atoms with Crippen LogP contribution in [-0.2, 0) is 4.74 Å². The molecule has 4 rings (SSSR count). The summed E-state index contributed by atoms with van der Waals surface area (Å²) in [5.41, 5.74) is 2.32. The molecule has 0 saturated carbocycles. The van der Waals surface area contributed by atoms with Gasteiger partial charge in [0.15, 0.2) is 11.6 Å². The van der Waals surface area contributed by atoms with Gasteiger partial charge in [0.1, 0.15) is 5.76 Å². The Morgan fingerprint density at radius 2 is 1.91 bits per heavy atom. The van der Waals surface area contributed by atoms with E-state index in [0.29, 0.717) is 45.1 Å². The first-order chi connectivity index (χ1) is 15.7. The largest absolute Gasteiger partial charge is 0.447 e. The van der Waals surface area contributed by atoms with Crippen molar-refractivity contribution in [3.05, 3.63) is 59.2 Å². The van der Waals surface area contributed by atoms with E-state index in [9.17, 15) is 9.59 Å². The number of carbonyl (C=O) groups is 2. The molecule has 4 aromatic rings. The van der Waals surface area contributed by atoms with Gasteiger partial charge in [0, 0.05) is 30.6 Å². The fraction of sp³-hybridized carbons (Fsp3) is 0.227. The molecule has 170 valence electrons. The number of nitrogens with one attached hydrogen (secondary N) is 2. The number of aromatic nitrogens is 4. The number of hydrogen-bond donors (Lipinski definition) is 2. The second-order valence-corrected chi connectivity index (χ2v) is 7.95. The number of benzene rings is 1. The van der Waals surface area contributed by atoms with Crippen molar-refractivity contribution in [3.63, 3.8) is 0 Å². The normalized spacial score (nSPS) is 11.1. The van der Waals surface area contributed by atoms with Crippen molar-refractivity contribution in [1.82, 2.24) is 19.4 Å². The van der Waals surface area contributed by atoms with Crippen molar-refractivity contribution in [2.45, 2.75) is 33.8 Å². The number of fused-ring (bicyclic) bond motifs is 1. The van der Waals surface area contributed by atoms with Gasteiger partial charge in [-0.05, 0) is 39.0 Å². The quantitative estimate of drug-likeness (QED) is 0.428. The molecule has 11 heteroatoms. The van der Waals surface area contributed by atoms with Crippen molar-refractivity contribution in [1.29, 1.82) is 0 Å². The Kier molecular flexibility index (Phi) is 6.01. The molecule has 0 radical (unpaired) electrons. The molecule has 0 atom stereocenters.